The molecule has 74 valence electrons. The average Bonchev–Trinajstić information content (AvgIpc) is 1.84. The standard InChI is InChI=1S/C4H8F2IO4P/c5-4(6,12(9,10)11)1-3(7)2-8/h3,8H,1-2H2,(H2,9,10,11). The monoisotopic (exact) mass is 316 g/mol. The molecule has 0 bridgehead atoms. The van der Waals surface area contributed by atoms with Gasteiger partial charge in [0.1, 0.15) is 0 Å². The van der Waals surface area contributed by atoms with Crippen LogP contribution in [0, 0.1) is 0 Å². The van der Waals surface area contributed by atoms with Gasteiger partial charge in [-0.05, 0) is 0 Å². The second kappa shape index (κ2) is 4.28. The van der Waals surface area contributed by atoms with E-state index in [1.807, 2.05) is 0 Å². The molecule has 0 amide bonds. The average molecular weight is 316 g/mol. The Morgan fingerprint density at radius 3 is 2.17 bits per heavy atom. The van der Waals surface area contributed by atoms with Crippen LogP contribution in [0.1, 0.15) is 6.42 Å². The van der Waals surface area contributed by atoms with Crippen LogP contribution < -0.4 is 0 Å². The Morgan fingerprint density at radius 2 is 1.92 bits per heavy atom. The van der Waals surface area contributed by atoms with E-state index >= 15 is 0 Å². The highest BCUT2D eigenvalue weighted by atomic mass is 127. The van der Waals surface area contributed by atoms with Crippen LogP contribution >= 0.6 is 30.2 Å². The quantitative estimate of drug-likeness (QED) is 0.410. The van der Waals surface area contributed by atoms with Gasteiger partial charge in [-0.1, -0.05) is 22.6 Å². The van der Waals surface area contributed by atoms with Gasteiger partial charge < -0.3 is 14.9 Å². The number of alkyl halides is 3. The van der Waals surface area contributed by atoms with E-state index in [4.69, 9.17) is 14.9 Å². The smallest absolute Gasteiger partial charge is 0.394 e. The predicted molar refractivity (Wildman–Crippen MR) is 46.5 cm³/mol. The summed E-state index contributed by atoms with van der Waals surface area (Å²) >= 11 is 1.50. The molecule has 0 heterocycles. The van der Waals surface area contributed by atoms with Crippen molar-refractivity contribution in [1.29, 1.82) is 0 Å². The van der Waals surface area contributed by atoms with Crippen LogP contribution in [0.2, 0.25) is 0 Å². The zero-order valence-electron chi connectivity index (χ0n) is 5.82. The second-order valence-electron chi connectivity index (χ2n) is 2.19. The minimum absolute atomic E-state index is 0.532. The summed E-state index contributed by atoms with van der Waals surface area (Å²) in [6.07, 6.45) is -1.02. The van der Waals surface area contributed by atoms with E-state index in [1.54, 1.807) is 0 Å². The van der Waals surface area contributed by atoms with E-state index in [0.29, 0.717) is 0 Å². The molecule has 1 unspecified atom stereocenters. The summed E-state index contributed by atoms with van der Waals surface area (Å²) < 4.78 is 34.3. The van der Waals surface area contributed by atoms with Crippen molar-refractivity contribution in [2.75, 3.05) is 6.61 Å². The maximum Gasteiger partial charge on any atom is 0.394 e. The summed E-state index contributed by atoms with van der Waals surface area (Å²) in [5.41, 5.74) is -4.04. The molecule has 0 saturated heterocycles. The van der Waals surface area contributed by atoms with Gasteiger partial charge in [-0.3, -0.25) is 4.57 Å². The first-order chi connectivity index (χ1) is 5.20. The highest BCUT2D eigenvalue weighted by Crippen LogP contribution is 2.55. The molecule has 0 aliphatic carbocycles. The Balaban J connectivity index is 4.33. The molecular weight excluding hydrogens is 308 g/mol. The Hall–Kier alpha value is 0.700. The maximum absolute atomic E-state index is 12.5. The van der Waals surface area contributed by atoms with Crippen molar-refractivity contribution < 1.29 is 28.2 Å². The van der Waals surface area contributed by atoms with E-state index in [1.165, 1.54) is 22.6 Å². The third kappa shape index (κ3) is 3.61. The lowest BCUT2D eigenvalue weighted by Crippen LogP contribution is -2.22. The van der Waals surface area contributed by atoms with E-state index in [-0.39, 0.29) is 0 Å². The first-order valence-electron chi connectivity index (χ1n) is 2.89. The number of hydrogen-bond acceptors (Lipinski definition) is 2. The molecule has 4 nitrogen and oxygen atoms in total. The van der Waals surface area contributed by atoms with Crippen LogP contribution in [-0.2, 0) is 4.57 Å². The first kappa shape index (κ1) is 12.7. The van der Waals surface area contributed by atoms with Gasteiger partial charge in [0.15, 0.2) is 0 Å². The van der Waals surface area contributed by atoms with E-state index in [0.717, 1.165) is 0 Å². The lowest BCUT2D eigenvalue weighted by Gasteiger charge is -2.19. The van der Waals surface area contributed by atoms with Crippen LogP contribution in [-0.4, -0.2) is 31.1 Å². The fraction of sp³-hybridized carbons (Fsp3) is 1.00. The third-order valence-electron chi connectivity index (χ3n) is 1.09. The highest BCUT2D eigenvalue weighted by Gasteiger charge is 2.49. The van der Waals surface area contributed by atoms with Crippen molar-refractivity contribution in [2.45, 2.75) is 16.0 Å². The Labute approximate surface area is 81.3 Å². The first-order valence-corrected chi connectivity index (χ1v) is 5.75. The normalized spacial score (nSPS) is 16.2. The molecule has 0 aromatic heterocycles. The van der Waals surface area contributed by atoms with Crippen molar-refractivity contribution in [3.63, 3.8) is 0 Å². The summed E-state index contributed by atoms with van der Waals surface area (Å²) in [4.78, 5) is 16.3. The topological polar surface area (TPSA) is 77.8 Å². The van der Waals surface area contributed by atoms with E-state index in [2.05, 4.69) is 0 Å². The minimum Gasteiger partial charge on any atom is -0.395 e. The van der Waals surface area contributed by atoms with Crippen molar-refractivity contribution in [3.8, 4) is 0 Å². The molecule has 0 fully saturated rings. The van der Waals surface area contributed by atoms with Crippen molar-refractivity contribution in [3.05, 3.63) is 0 Å². The number of aliphatic hydroxyl groups is 1. The van der Waals surface area contributed by atoms with Gasteiger partial charge in [-0.15, -0.1) is 0 Å². The molecule has 1 atom stereocenters. The molecule has 0 aromatic carbocycles. The van der Waals surface area contributed by atoms with Crippen LogP contribution in [0.15, 0.2) is 0 Å². The van der Waals surface area contributed by atoms with Crippen molar-refractivity contribution >= 4 is 30.2 Å². The van der Waals surface area contributed by atoms with Crippen LogP contribution in [0.5, 0.6) is 0 Å². The van der Waals surface area contributed by atoms with E-state index in [9.17, 15) is 13.3 Å². The number of halogens is 3. The lowest BCUT2D eigenvalue weighted by atomic mass is 10.3. The van der Waals surface area contributed by atoms with Crippen LogP contribution in [0.3, 0.4) is 0 Å². The molecule has 0 aliphatic rings. The molecule has 0 radical (unpaired) electrons. The summed E-state index contributed by atoms with van der Waals surface area (Å²) in [7, 11) is -5.38. The van der Waals surface area contributed by atoms with Gasteiger partial charge in [0.2, 0.25) is 0 Å². The molecule has 0 aromatic rings. The van der Waals surface area contributed by atoms with Gasteiger partial charge in [-0.25, -0.2) is 0 Å². The zero-order valence-corrected chi connectivity index (χ0v) is 8.87. The van der Waals surface area contributed by atoms with Crippen molar-refractivity contribution in [1.82, 2.24) is 0 Å². The van der Waals surface area contributed by atoms with Gasteiger partial charge >= 0.3 is 13.3 Å². The van der Waals surface area contributed by atoms with Crippen molar-refractivity contribution in [2.24, 2.45) is 0 Å². The van der Waals surface area contributed by atoms with Gasteiger partial charge in [0, 0.05) is 10.3 Å². The summed E-state index contributed by atoms with van der Waals surface area (Å²) in [6.45, 7) is -0.532. The van der Waals surface area contributed by atoms with Crippen LogP contribution in [0.25, 0.3) is 0 Å². The Bertz CT molecular complexity index is 193. The van der Waals surface area contributed by atoms with Gasteiger partial charge in [0.25, 0.3) is 0 Å². The highest BCUT2D eigenvalue weighted by molar-refractivity contribution is 14.1. The third-order valence-corrected chi connectivity index (χ3v) is 2.96. The Kier molecular flexibility index (Phi) is 4.53. The van der Waals surface area contributed by atoms with Crippen LogP contribution in [0.4, 0.5) is 8.78 Å². The molecular formula is C4H8F2IO4P. The van der Waals surface area contributed by atoms with Gasteiger partial charge in [-0.2, -0.15) is 8.78 Å². The zero-order chi connectivity index (χ0) is 9.99. The number of rotatable bonds is 4. The number of hydrogen-bond donors (Lipinski definition) is 3. The number of aliphatic hydroxyl groups excluding tert-OH is 1. The molecule has 0 spiro atoms. The summed E-state index contributed by atoms with van der Waals surface area (Å²) in [6, 6.07) is 0. The largest absolute Gasteiger partial charge is 0.395 e. The summed E-state index contributed by atoms with van der Waals surface area (Å²) in [5.74, 6) is 0. The second-order valence-corrected chi connectivity index (χ2v) is 5.70. The summed E-state index contributed by atoms with van der Waals surface area (Å²) in [5, 5.41) is 8.37. The molecule has 0 saturated carbocycles. The Morgan fingerprint density at radius 1 is 1.50 bits per heavy atom. The fourth-order valence-electron chi connectivity index (χ4n) is 0.450. The SMILES string of the molecule is O=P(O)(O)C(F)(F)CC(I)CO. The molecule has 12 heavy (non-hydrogen) atoms. The molecule has 0 aliphatic heterocycles. The predicted octanol–water partition coefficient (Wildman–Crippen LogP) is 0.943. The minimum atomic E-state index is -5.38. The molecule has 0 rings (SSSR count). The molecule has 3 N–H and O–H groups in total. The maximum atomic E-state index is 12.5. The van der Waals surface area contributed by atoms with Gasteiger partial charge in [0.05, 0.1) is 6.61 Å². The molecule has 8 heteroatoms. The fourth-order valence-corrected chi connectivity index (χ4v) is 1.81. The lowest BCUT2D eigenvalue weighted by molar-refractivity contribution is 0.0470. The van der Waals surface area contributed by atoms with E-state index < -0.39 is 30.2 Å².